The van der Waals surface area contributed by atoms with Crippen molar-refractivity contribution in [2.45, 2.75) is 20.0 Å². The highest BCUT2D eigenvalue weighted by Gasteiger charge is 2.27. The first-order valence-corrected chi connectivity index (χ1v) is 6.43. The summed E-state index contributed by atoms with van der Waals surface area (Å²) in [5.74, 6) is -0.0706. The lowest BCUT2D eigenvalue weighted by atomic mass is 9.98. The number of carbonyl (C=O) groups is 1. The smallest absolute Gasteiger partial charge is 0.339 e. The number of hydrogen-bond donors (Lipinski definition) is 0. The van der Waals surface area contributed by atoms with Crippen molar-refractivity contribution in [1.29, 1.82) is 5.26 Å². The van der Waals surface area contributed by atoms with E-state index in [0.29, 0.717) is 5.76 Å². The molecule has 1 heterocycles. The molecule has 2 rings (SSSR count). The van der Waals surface area contributed by atoms with Crippen LogP contribution in [0.4, 0.5) is 0 Å². The minimum atomic E-state index is -0.493. The van der Waals surface area contributed by atoms with Crippen LogP contribution in [0.3, 0.4) is 0 Å². The second-order valence-electron chi connectivity index (χ2n) is 4.31. The van der Waals surface area contributed by atoms with Gasteiger partial charge >= 0.3 is 5.97 Å². The van der Waals surface area contributed by atoms with E-state index in [-0.39, 0.29) is 23.9 Å². The van der Waals surface area contributed by atoms with Crippen molar-refractivity contribution in [3.63, 3.8) is 0 Å². The van der Waals surface area contributed by atoms with E-state index in [2.05, 4.69) is 0 Å². The molecule has 0 fully saturated rings. The highest BCUT2D eigenvalue weighted by atomic mass is 16.5. The van der Waals surface area contributed by atoms with Gasteiger partial charge in [-0.1, -0.05) is 30.3 Å². The molecule has 0 radical (unpaired) electrons. The third-order valence-electron chi connectivity index (χ3n) is 2.84. The number of esters is 1. The summed E-state index contributed by atoms with van der Waals surface area (Å²) in [6.07, 6.45) is 1.32. The Morgan fingerprint density at radius 3 is 2.70 bits per heavy atom. The topological polar surface area (TPSA) is 59.3 Å². The van der Waals surface area contributed by atoms with E-state index in [4.69, 9.17) is 9.47 Å². The van der Waals surface area contributed by atoms with Gasteiger partial charge in [-0.3, -0.25) is 0 Å². The van der Waals surface area contributed by atoms with Gasteiger partial charge in [0.25, 0.3) is 0 Å². The van der Waals surface area contributed by atoms with Gasteiger partial charge < -0.3 is 9.47 Å². The van der Waals surface area contributed by atoms with E-state index in [0.717, 1.165) is 5.56 Å². The Morgan fingerprint density at radius 2 is 2.10 bits per heavy atom. The zero-order valence-electron chi connectivity index (χ0n) is 11.4. The van der Waals surface area contributed by atoms with Crippen LogP contribution in [-0.4, -0.2) is 18.7 Å². The maximum absolute atomic E-state index is 12.0. The second-order valence-corrected chi connectivity index (χ2v) is 4.31. The molecule has 0 spiro atoms. The molecule has 0 amide bonds. The van der Waals surface area contributed by atoms with Crippen LogP contribution in [-0.2, 0) is 14.3 Å². The van der Waals surface area contributed by atoms with E-state index in [1.807, 2.05) is 43.3 Å². The van der Waals surface area contributed by atoms with Crippen LogP contribution in [0.5, 0.6) is 0 Å². The zero-order valence-corrected chi connectivity index (χ0v) is 11.4. The monoisotopic (exact) mass is 269 g/mol. The maximum Gasteiger partial charge on any atom is 0.339 e. The lowest BCUT2D eigenvalue weighted by molar-refractivity contribution is -0.138. The molecule has 0 saturated heterocycles. The number of ether oxygens (including phenoxy) is 2. The van der Waals surface area contributed by atoms with E-state index in [1.165, 1.54) is 0 Å². The van der Waals surface area contributed by atoms with Crippen molar-refractivity contribution >= 4 is 11.7 Å². The first-order valence-electron chi connectivity index (χ1n) is 6.43. The van der Waals surface area contributed by atoms with Crippen molar-refractivity contribution in [1.82, 2.24) is 0 Å². The van der Waals surface area contributed by atoms with Crippen molar-refractivity contribution in [3.8, 4) is 6.07 Å². The van der Waals surface area contributed by atoms with Crippen molar-refractivity contribution in [3.05, 3.63) is 53.1 Å². The number of carbonyl (C=O) groups excluding carboxylic acids is 1. The molecule has 4 nitrogen and oxygen atoms in total. The fraction of sp³-hybridized carbons (Fsp3) is 0.250. The predicted octanol–water partition coefficient (Wildman–Crippen LogP) is 2.83. The summed E-state index contributed by atoms with van der Waals surface area (Å²) in [6.45, 7) is 3.82. The summed E-state index contributed by atoms with van der Waals surface area (Å²) in [7, 11) is 0. The number of nitriles is 1. The SMILES string of the molecule is CCOC(=O)C1=CC(C)OC(c2ccccc2)=C1C#N. The van der Waals surface area contributed by atoms with Gasteiger partial charge in [-0.05, 0) is 19.9 Å². The van der Waals surface area contributed by atoms with Crippen LogP contribution in [0, 0.1) is 11.3 Å². The number of hydrogen-bond acceptors (Lipinski definition) is 4. The Morgan fingerprint density at radius 1 is 1.40 bits per heavy atom. The molecular weight excluding hydrogens is 254 g/mol. The van der Waals surface area contributed by atoms with Crippen LogP contribution >= 0.6 is 0 Å². The van der Waals surface area contributed by atoms with Crippen LogP contribution in [0.15, 0.2) is 47.6 Å². The first kappa shape index (κ1) is 13.9. The summed E-state index contributed by atoms with van der Waals surface area (Å²) in [4.78, 5) is 12.0. The van der Waals surface area contributed by atoms with Crippen molar-refractivity contribution in [2.24, 2.45) is 0 Å². The predicted molar refractivity (Wildman–Crippen MR) is 74.2 cm³/mol. The summed E-state index contributed by atoms with van der Waals surface area (Å²) in [6, 6.07) is 11.3. The molecule has 1 unspecified atom stereocenters. The van der Waals surface area contributed by atoms with Gasteiger partial charge in [-0.2, -0.15) is 5.26 Å². The van der Waals surface area contributed by atoms with Crippen LogP contribution in [0.1, 0.15) is 19.4 Å². The largest absolute Gasteiger partial charge is 0.485 e. The maximum atomic E-state index is 12.0. The molecule has 1 aliphatic rings. The molecule has 0 bridgehead atoms. The molecule has 0 aromatic heterocycles. The highest BCUT2D eigenvalue weighted by molar-refractivity contribution is 5.98. The lowest BCUT2D eigenvalue weighted by Crippen LogP contribution is -2.19. The van der Waals surface area contributed by atoms with Gasteiger partial charge in [0.05, 0.1) is 12.2 Å². The molecule has 20 heavy (non-hydrogen) atoms. The lowest BCUT2D eigenvalue weighted by Gasteiger charge is -2.22. The average molecular weight is 269 g/mol. The van der Waals surface area contributed by atoms with Gasteiger partial charge in [0.15, 0.2) is 0 Å². The Labute approximate surface area is 117 Å². The molecule has 0 aliphatic carbocycles. The molecule has 1 atom stereocenters. The second kappa shape index (κ2) is 6.07. The van der Waals surface area contributed by atoms with Crippen LogP contribution in [0.2, 0.25) is 0 Å². The highest BCUT2D eigenvalue weighted by Crippen LogP contribution is 2.31. The molecular formula is C16H15NO3. The van der Waals surface area contributed by atoms with Crippen molar-refractivity contribution in [2.75, 3.05) is 6.61 Å². The van der Waals surface area contributed by atoms with Crippen LogP contribution in [0.25, 0.3) is 5.76 Å². The normalized spacial score (nSPS) is 17.9. The summed E-state index contributed by atoms with van der Waals surface area (Å²) < 4.78 is 10.7. The standard InChI is InChI=1S/C16H15NO3/c1-3-19-16(18)13-9-11(2)20-15(14(13)10-17)12-7-5-4-6-8-12/h4-9,11H,3H2,1-2H3. The van der Waals surface area contributed by atoms with Gasteiger partial charge in [0.2, 0.25) is 0 Å². The fourth-order valence-corrected chi connectivity index (χ4v) is 2.01. The Hall–Kier alpha value is -2.54. The van der Waals surface area contributed by atoms with E-state index in [9.17, 15) is 10.1 Å². The number of benzene rings is 1. The minimum Gasteiger partial charge on any atom is -0.485 e. The van der Waals surface area contributed by atoms with Crippen LogP contribution < -0.4 is 0 Å². The minimum absolute atomic E-state index is 0.216. The summed E-state index contributed by atoms with van der Waals surface area (Å²) in [5.41, 5.74) is 1.26. The van der Waals surface area contributed by atoms with Gasteiger partial charge in [0.1, 0.15) is 23.5 Å². The molecule has 0 saturated carbocycles. The fourth-order valence-electron chi connectivity index (χ4n) is 2.01. The average Bonchev–Trinajstić information content (AvgIpc) is 2.47. The summed E-state index contributed by atoms with van der Waals surface area (Å²) in [5, 5.41) is 9.36. The molecule has 1 aromatic carbocycles. The van der Waals surface area contributed by atoms with Gasteiger partial charge in [-0.15, -0.1) is 0 Å². The molecule has 4 heteroatoms. The third kappa shape index (κ3) is 2.72. The number of nitrogens with zero attached hydrogens (tertiary/aromatic N) is 1. The van der Waals surface area contributed by atoms with Gasteiger partial charge in [-0.25, -0.2) is 4.79 Å². The molecule has 1 aliphatic heterocycles. The number of rotatable bonds is 3. The zero-order chi connectivity index (χ0) is 14.5. The Balaban J connectivity index is 2.50. The van der Waals surface area contributed by atoms with E-state index in [1.54, 1.807) is 13.0 Å². The van der Waals surface area contributed by atoms with E-state index >= 15 is 0 Å². The van der Waals surface area contributed by atoms with Gasteiger partial charge in [0, 0.05) is 5.56 Å². The Bertz CT molecular complexity index is 608. The summed E-state index contributed by atoms with van der Waals surface area (Å²) >= 11 is 0. The molecule has 0 N–H and O–H groups in total. The van der Waals surface area contributed by atoms with Crippen molar-refractivity contribution < 1.29 is 14.3 Å². The third-order valence-corrected chi connectivity index (χ3v) is 2.84. The molecule has 102 valence electrons. The van der Waals surface area contributed by atoms with E-state index < -0.39 is 5.97 Å². The molecule has 1 aromatic rings. The Kier molecular flexibility index (Phi) is 4.21. The quantitative estimate of drug-likeness (QED) is 0.792. The first-order chi connectivity index (χ1) is 9.67.